The molecule has 0 bridgehead atoms. The number of rotatable bonds is 3. The van der Waals surface area contributed by atoms with E-state index in [0.29, 0.717) is 0 Å². The van der Waals surface area contributed by atoms with Gasteiger partial charge in [-0.05, 0) is 23.7 Å². The zero-order valence-electron chi connectivity index (χ0n) is 8.11. The summed E-state index contributed by atoms with van der Waals surface area (Å²) in [6.07, 6.45) is 0. The second-order valence-corrected chi connectivity index (χ2v) is 3.66. The second kappa shape index (κ2) is 4.05. The topological polar surface area (TPSA) is 17.1 Å². The van der Waals surface area contributed by atoms with Gasteiger partial charge in [-0.25, -0.2) is 0 Å². The number of benzene rings is 1. The monoisotopic (exact) mass is 254 g/mol. The number of carbonyl (C=O) groups excluding carboxylic acids is 1. The van der Waals surface area contributed by atoms with E-state index in [-0.39, 0.29) is 12.5 Å². The minimum Gasteiger partial charge on any atom is -0.276 e. The summed E-state index contributed by atoms with van der Waals surface area (Å²) >= 11 is 5.09. The van der Waals surface area contributed by atoms with Crippen LogP contribution >= 0.6 is 11.6 Å². The van der Waals surface area contributed by atoms with Crippen LogP contribution in [0.1, 0.15) is 22.8 Å². The van der Waals surface area contributed by atoms with Gasteiger partial charge in [0.05, 0.1) is 0 Å². The van der Waals surface area contributed by atoms with Gasteiger partial charge in [0.2, 0.25) is 0 Å². The van der Waals surface area contributed by atoms with Crippen molar-refractivity contribution in [2.75, 3.05) is 0 Å². The van der Waals surface area contributed by atoms with Crippen LogP contribution in [0, 0.1) is 0 Å². The first-order valence-electron chi connectivity index (χ1n) is 4.22. The van der Waals surface area contributed by atoms with E-state index in [4.69, 9.17) is 11.6 Å². The SMILES string of the molecule is CC(F)(F)C(F)(F)c1ccc(C(=O)Cl)cc1. The molecule has 1 rings (SSSR count). The van der Waals surface area contributed by atoms with Crippen LogP contribution in [0.25, 0.3) is 0 Å². The van der Waals surface area contributed by atoms with Gasteiger partial charge in [0.1, 0.15) is 0 Å². The number of hydrogen-bond acceptors (Lipinski definition) is 1. The van der Waals surface area contributed by atoms with Crippen molar-refractivity contribution in [2.45, 2.75) is 18.8 Å². The Morgan fingerprint density at radius 3 is 1.88 bits per heavy atom. The summed E-state index contributed by atoms with van der Waals surface area (Å²) in [4.78, 5) is 10.6. The van der Waals surface area contributed by atoms with Gasteiger partial charge in [-0.1, -0.05) is 12.1 Å². The molecule has 0 saturated heterocycles. The first-order chi connectivity index (χ1) is 7.16. The highest BCUT2D eigenvalue weighted by Gasteiger charge is 2.53. The molecule has 0 aliphatic heterocycles. The molecule has 0 fully saturated rings. The van der Waals surface area contributed by atoms with Gasteiger partial charge in [-0.3, -0.25) is 4.79 Å². The molecule has 0 aliphatic carbocycles. The quantitative estimate of drug-likeness (QED) is 0.592. The molecule has 0 saturated carbocycles. The van der Waals surface area contributed by atoms with E-state index in [9.17, 15) is 22.4 Å². The average molecular weight is 255 g/mol. The Morgan fingerprint density at radius 1 is 1.12 bits per heavy atom. The van der Waals surface area contributed by atoms with Gasteiger partial charge in [-0.15, -0.1) is 0 Å². The Hall–Kier alpha value is -1.10. The Kier molecular flexibility index (Phi) is 3.28. The van der Waals surface area contributed by atoms with Gasteiger partial charge in [0.15, 0.2) is 0 Å². The Labute approximate surface area is 94.0 Å². The molecule has 16 heavy (non-hydrogen) atoms. The van der Waals surface area contributed by atoms with Crippen molar-refractivity contribution in [3.05, 3.63) is 35.4 Å². The third kappa shape index (κ3) is 2.35. The maximum absolute atomic E-state index is 13.1. The maximum Gasteiger partial charge on any atom is 0.335 e. The van der Waals surface area contributed by atoms with Crippen LogP contribution in [0.3, 0.4) is 0 Å². The van der Waals surface area contributed by atoms with E-state index >= 15 is 0 Å². The summed E-state index contributed by atoms with van der Waals surface area (Å²) in [5, 5.41) is -0.835. The fourth-order valence-electron chi connectivity index (χ4n) is 1.06. The molecule has 0 radical (unpaired) electrons. The van der Waals surface area contributed by atoms with E-state index in [1.807, 2.05) is 0 Å². The van der Waals surface area contributed by atoms with Gasteiger partial charge >= 0.3 is 11.8 Å². The summed E-state index contributed by atoms with van der Waals surface area (Å²) < 4.78 is 51.5. The number of halogens is 5. The van der Waals surface area contributed by atoms with Crippen molar-refractivity contribution in [1.82, 2.24) is 0 Å². The lowest BCUT2D eigenvalue weighted by Crippen LogP contribution is -2.34. The predicted octanol–water partition coefficient (Wildman–Crippen LogP) is 3.81. The molecule has 88 valence electrons. The van der Waals surface area contributed by atoms with Gasteiger partial charge < -0.3 is 0 Å². The van der Waals surface area contributed by atoms with Crippen LogP contribution in [-0.2, 0) is 5.92 Å². The van der Waals surface area contributed by atoms with Crippen LogP contribution in [-0.4, -0.2) is 11.2 Å². The fourth-order valence-corrected chi connectivity index (χ4v) is 1.19. The molecule has 1 aromatic carbocycles. The number of hydrogen-bond donors (Lipinski definition) is 0. The highest BCUT2D eigenvalue weighted by Crippen LogP contribution is 2.42. The largest absolute Gasteiger partial charge is 0.335 e. The molecule has 1 aromatic rings. The summed E-state index contributed by atoms with van der Waals surface area (Å²) in [7, 11) is 0. The third-order valence-corrected chi connectivity index (χ3v) is 2.24. The molecule has 0 unspecified atom stereocenters. The average Bonchev–Trinajstić information content (AvgIpc) is 2.16. The molecular weight excluding hydrogens is 248 g/mol. The second-order valence-electron chi connectivity index (χ2n) is 3.31. The summed E-state index contributed by atoms with van der Waals surface area (Å²) in [5.74, 6) is -8.44. The van der Waals surface area contributed by atoms with Crippen molar-refractivity contribution in [3.8, 4) is 0 Å². The molecule has 0 atom stereocenters. The minimum atomic E-state index is -4.28. The van der Waals surface area contributed by atoms with E-state index in [1.54, 1.807) is 0 Å². The predicted molar refractivity (Wildman–Crippen MR) is 51.1 cm³/mol. The Balaban J connectivity index is 3.11. The van der Waals surface area contributed by atoms with Crippen molar-refractivity contribution < 1.29 is 22.4 Å². The van der Waals surface area contributed by atoms with Crippen LogP contribution < -0.4 is 0 Å². The lowest BCUT2D eigenvalue weighted by atomic mass is 10.0. The lowest BCUT2D eigenvalue weighted by Gasteiger charge is -2.23. The summed E-state index contributed by atoms with van der Waals surface area (Å²) in [6.45, 7) is 0.133. The normalized spacial score (nSPS) is 12.6. The molecule has 0 spiro atoms. The molecule has 0 amide bonds. The molecule has 1 nitrogen and oxygen atoms in total. The van der Waals surface area contributed by atoms with Crippen molar-refractivity contribution in [3.63, 3.8) is 0 Å². The highest BCUT2D eigenvalue weighted by molar-refractivity contribution is 6.67. The van der Waals surface area contributed by atoms with Crippen molar-refractivity contribution >= 4 is 16.8 Å². The van der Waals surface area contributed by atoms with Crippen LogP contribution in [0.15, 0.2) is 24.3 Å². The molecule has 0 N–H and O–H groups in total. The molecule has 0 heterocycles. The van der Waals surface area contributed by atoms with Crippen LogP contribution in [0.2, 0.25) is 0 Å². The molecular formula is C10H7ClF4O. The van der Waals surface area contributed by atoms with E-state index in [2.05, 4.69) is 0 Å². The standard InChI is InChI=1S/C10H7ClF4O/c1-9(12,13)10(14,15)7-4-2-6(3-5-7)8(11)16/h2-5H,1H3. The zero-order valence-corrected chi connectivity index (χ0v) is 8.86. The fraction of sp³-hybridized carbons (Fsp3) is 0.300. The van der Waals surface area contributed by atoms with Gasteiger partial charge in [0, 0.05) is 18.1 Å². The molecule has 6 heteroatoms. The van der Waals surface area contributed by atoms with Crippen LogP contribution in [0.4, 0.5) is 17.6 Å². The summed E-state index contributed by atoms with van der Waals surface area (Å²) in [6, 6.07) is 3.47. The van der Waals surface area contributed by atoms with Crippen molar-refractivity contribution in [1.29, 1.82) is 0 Å². The maximum atomic E-state index is 13.1. The van der Waals surface area contributed by atoms with Gasteiger partial charge in [-0.2, -0.15) is 17.6 Å². The Bertz CT molecular complexity index is 394. The summed E-state index contributed by atoms with van der Waals surface area (Å²) in [5.41, 5.74) is -0.887. The number of carbonyl (C=O) groups is 1. The van der Waals surface area contributed by atoms with Gasteiger partial charge in [0.25, 0.3) is 5.24 Å². The van der Waals surface area contributed by atoms with Crippen LogP contribution in [0.5, 0.6) is 0 Å². The lowest BCUT2D eigenvalue weighted by molar-refractivity contribution is -0.204. The number of alkyl halides is 4. The van der Waals surface area contributed by atoms with E-state index in [0.717, 1.165) is 24.3 Å². The molecule has 0 aromatic heterocycles. The first kappa shape index (κ1) is 13.0. The highest BCUT2D eigenvalue weighted by atomic mass is 35.5. The minimum absolute atomic E-state index is 0.0272. The zero-order chi connectivity index (χ0) is 12.6. The van der Waals surface area contributed by atoms with E-state index < -0.39 is 22.7 Å². The Morgan fingerprint density at radius 2 is 1.56 bits per heavy atom. The van der Waals surface area contributed by atoms with Crippen molar-refractivity contribution in [2.24, 2.45) is 0 Å². The van der Waals surface area contributed by atoms with E-state index in [1.165, 1.54) is 0 Å². The smallest absolute Gasteiger partial charge is 0.276 e. The third-order valence-electron chi connectivity index (χ3n) is 2.03. The first-order valence-corrected chi connectivity index (χ1v) is 4.60. The molecule has 0 aliphatic rings.